The highest BCUT2D eigenvalue weighted by molar-refractivity contribution is 8.00. The van der Waals surface area contributed by atoms with Crippen molar-refractivity contribution in [3.05, 3.63) is 101 Å². The molecule has 0 aliphatic heterocycles. The molecule has 4 atom stereocenters. The maximum Gasteiger partial charge on any atom is 0.253 e. The van der Waals surface area contributed by atoms with Crippen LogP contribution in [0.3, 0.4) is 0 Å². The number of unbranched alkanes of at least 4 members (excludes halogenated alkanes) is 1. The Labute approximate surface area is 289 Å². The number of sulfone groups is 1. The van der Waals surface area contributed by atoms with Crippen molar-refractivity contribution < 1.29 is 41.4 Å². The van der Waals surface area contributed by atoms with Gasteiger partial charge in [-0.15, -0.1) is 11.8 Å². The first-order valence-electron chi connectivity index (χ1n) is 15.7. The van der Waals surface area contributed by atoms with Gasteiger partial charge in [-0.2, -0.15) is 0 Å². The lowest BCUT2D eigenvalue weighted by atomic mass is 9.97. The molecule has 1 heterocycles. The van der Waals surface area contributed by atoms with Crippen LogP contribution >= 0.6 is 11.8 Å². The summed E-state index contributed by atoms with van der Waals surface area (Å²) in [6.45, 7) is 2.17. The Morgan fingerprint density at radius 3 is 2.33 bits per heavy atom. The van der Waals surface area contributed by atoms with Crippen molar-refractivity contribution in [1.29, 1.82) is 0 Å². The standard InChI is InChI=1S/C34H42F2N4O7S2/c1-3-4-15-49(45,46)22-29(40-32(42)25-11-8-12-37-21-25)33(43)39-28(18-24-16-26(35)19-27(36)17-24)30(41)31(48-14-13-47-2)34(44)38-20-23-9-6-5-7-10-23/h5-12,16-17,19,21,28-31,41H,3-4,13-15,18,20,22H2,1-2H3,(H,38,44)(H,39,43)(H,40,42). The van der Waals surface area contributed by atoms with Gasteiger partial charge in [0.2, 0.25) is 11.8 Å². The maximum absolute atomic E-state index is 14.2. The lowest BCUT2D eigenvalue weighted by Gasteiger charge is -2.31. The van der Waals surface area contributed by atoms with E-state index in [-0.39, 0.29) is 42.2 Å². The number of methoxy groups -OCH3 is 1. The number of hydrogen-bond donors (Lipinski definition) is 4. The summed E-state index contributed by atoms with van der Waals surface area (Å²) in [4.78, 5) is 44.3. The minimum absolute atomic E-state index is 0.0544. The van der Waals surface area contributed by atoms with Crippen molar-refractivity contribution in [2.24, 2.45) is 0 Å². The topological polar surface area (TPSA) is 164 Å². The van der Waals surface area contributed by atoms with Crippen molar-refractivity contribution in [2.45, 2.75) is 56.2 Å². The second-order valence-corrected chi connectivity index (χ2v) is 14.8. The van der Waals surface area contributed by atoms with Crippen LogP contribution in [0.1, 0.15) is 41.3 Å². The van der Waals surface area contributed by atoms with Gasteiger partial charge in [-0.25, -0.2) is 17.2 Å². The van der Waals surface area contributed by atoms with Gasteiger partial charge in [0.1, 0.15) is 22.9 Å². The summed E-state index contributed by atoms with van der Waals surface area (Å²) in [5.74, 6) is -4.84. The quantitative estimate of drug-likeness (QED) is 0.129. The first kappa shape index (κ1) is 39.5. The molecule has 0 spiro atoms. The number of amides is 3. The molecule has 1 aromatic heterocycles. The Balaban J connectivity index is 1.96. The SMILES string of the molecule is CCCCS(=O)(=O)CC(NC(=O)c1cccnc1)C(=O)NC(Cc1cc(F)cc(F)c1)C(O)C(SCCOC)C(=O)NCc1ccccc1. The Morgan fingerprint density at radius 1 is 0.980 bits per heavy atom. The van der Waals surface area contributed by atoms with E-state index in [1.807, 2.05) is 13.0 Å². The number of halogens is 2. The van der Waals surface area contributed by atoms with Gasteiger partial charge in [0.15, 0.2) is 9.84 Å². The molecule has 3 aromatic rings. The lowest BCUT2D eigenvalue weighted by molar-refractivity contribution is -0.126. The zero-order valence-electron chi connectivity index (χ0n) is 27.3. The molecule has 0 radical (unpaired) electrons. The number of thioether (sulfide) groups is 1. The van der Waals surface area contributed by atoms with Crippen molar-refractivity contribution in [3.8, 4) is 0 Å². The van der Waals surface area contributed by atoms with Gasteiger partial charge in [-0.1, -0.05) is 43.7 Å². The highest BCUT2D eigenvalue weighted by Crippen LogP contribution is 2.22. The molecule has 266 valence electrons. The summed E-state index contributed by atoms with van der Waals surface area (Å²) in [6, 6.07) is 11.7. The van der Waals surface area contributed by atoms with Crippen LogP contribution < -0.4 is 16.0 Å². The molecular weight excluding hydrogens is 679 g/mol. The molecule has 0 bridgehead atoms. The molecule has 49 heavy (non-hydrogen) atoms. The molecule has 3 amide bonds. The van der Waals surface area contributed by atoms with Gasteiger partial charge in [0, 0.05) is 37.9 Å². The molecule has 0 saturated carbocycles. The highest BCUT2D eigenvalue weighted by atomic mass is 32.2. The average molecular weight is 721 g/mol. The number of hydrogen-bond acceptors (Lipinski definition) is 9. The average Bonchev–Trinajstić information content (AvgIpc) is 3.07. The second-order valence-electron chi connectivity index (χ2n) is 11.3. The van der Waals surface area contributed by atoms with Gasteiger partial charge in [-0.3, -0.25) is 19.4 Å². The largest absolute Gasteiger partial charge is 0.389 e. The predicted octanol–water partition coefficient (Wildman–Crippen LogP) is 2.83. The van der Waals surface area contributed by atoms with Gasteiger partial charge < -0.3 is 25.8 Å². The van der Waals surface area contributed by atoms with Crippen LogP contribution in [0.15, 0.2) is 73.1 Å². The normalized spacial score (nSPS) is 13.9. The van der Waals surface area contributed by atoms with Gasteiger partial charge in [0.05, 0.1) is 35.8 Å². The number of benzene rings is 2. The number of pyridine rings is 1. The van der Waals surface area contributed by atoms with Crippen LogP contribution in [0.5, 0.6) is 0 Å². The summed E-state index contributed by atoms with van der Waals surface area (Å²) < 4.78 is 59.6. The second kappa shape index (κ2) is 19.9. The number of carbonyl (C=O) groups excluding carboxylic acids is 3. The highest BCUT2D eigenvalue weighted by Gasteiger charge is 2.37. The fourth-order valence-corrected chi connectivity index (χ4v) is 7.61. The first-order chi connectivity index (χ1) is 23.4. The molecule has 11 nitrogen and oxygen atoms in total. The Bertz CT molecular complexity index is 1600. The molecule has 4 unspecified atom stereocenters. The van der Waals surface area contributed by atoms with E-state index in [0.717, 1.165) is 29.5 Å². The van der Waals surface area contributed by atoms with Crippen LogP contribution in [0, 0.1) is 11.6 Å². The van der Waals surface area contributed by atoms with Crippen LogP contribution in [-0.2, 0) is 37.1 Å². The maximum atomic E-state index is 14.2. The van der Waals surface area contributed by atoms with Crippen LogP contribution in [0.2, 0.25) is 0 Å². The van der Waals surface area contributed by atoms with E-state index < -0.39 is 68.4 Å². The molecule has 0 aliphatic carbocycles. The molecule has 0 aliphatic rings. The number of aliphatic hydroxyl groups excluding tert-OH is 1. The van der Waals surface area contributed by atoms with Gasteiger partial charge >= 0.3 is 0 Å². The number of aliphatic hydroxyl groups is 1. The number of nitrogens with zero attached hydrogens (tertiary/aromatic N) is 1. The summed E-state index contributed by atoms with van der Waals surface area (Å²) in [5, 5.41) is 18.3. The van der Waals surface area contributed by atoms with Crippen LogP contribution in [-0.4, -0.2) is 90.6 Å². The Kier molecular flexibility index (Phi) is 16.1. The third-order valence-electron chi connectivity index (χ3n) is 7.36. The lowest BCUT2D eigenvalue weighted by Crippen LogP contribution is -2.58. The molecule has 15 heteroatoms. The molecule has 0 saturated heterocycles. The fraction of sp³-hybridized carbons (Fsp3) is 0.412. The minimum atomic E-state index is -3.86. The fourth-order valence-electron chi connectivity index (χ4n) is 4.83. The van der Waals surface area contributed by atoms with Gasteiger partial charge in [-0.05, 0) is 48.2 Å². The number of nitrogens with one attached hydrogen (secondary N) is 3. The van der Waals surface area contributed by atoms with E-state index in [1.165, 1.54) is 31.6 Å². The number of carbonyl (C=O) groups is 3. The monoisotopic (exact) mass is 720 g/mol. The smallest absolute Gasteiger partial charge is 0.253 e. The summed E-state index contributed by atoms with van der Waals surface area (Å²) >= 11 is 1.05. The Morgan fingerprint density at radius 2 is 1.69 bits per heavy atom. The zero-order chi connectivity index (χ0) is 35.8. The minimum Gasteiger partial charge on any atom is -0.389 e. The van der Waals surface area contributed by atoms with E-state index >= 15 is 0 Å². The summed E-state index contributed by atoms with van der Waals surface area (Å²) in [6.07, 6.45) is 1.59. The third-order valence-corrected chi connectivity index (χ3v) is 10.4. The van der Waals surface area contributed by atoms with Crippen molar-refractivity contribution in [3.63, 3.8) is 0 Å². The van der Waals surface area contributed by atoms with Crippen molar-refractivity contribution in [2.75, 3.05) is 31.0 Å². The molecule has 0 fully saturated rings. The zero-order valence-corrected chi connectivity index (χ0v) is 28.9. The van der Waals surface area contributed by atoms with Crippen molar-refractivity contribution >= 4 is 39.3 Å². The number of aromatic nitrogens is 1. The molecular formula is C34H42F2N4O7S2. The van der Waals surface area contributed by atoms with Crippen LogP contribution in [0.4, 0.5) is 8.78 Å². The predicted molar refractivity (Wildman–Crippen MR) is 183 cm³/mol. The molecule has 2 aromatic carbocycles. The first-order valence-corrected chi connectivity index (χ1v) is 18.6. The molecule has 3 rings (SSSR count). The van der Waals surface area contributed by atoms with Crippen molar-refractivity contribution in [1.82, 2.24) is 20.9 Å². The number of rotatable bonds is 20. The van der Waals surface area contributed by atoms with E-state index in [1.54, 1.807) is 24.3 Å². The summed E-state index contributed by atoms with van der Waals surface area (Å²) in [5.41, 5.74) is 0.920. The third kappa shape index (κ3) is 13.5. The van der Waals surface area contributed by atoms with E-state index in [9.17, 15) is 36.7 Å². The van der Waals surface area contributed by atoms with Crippen LogP contribution in [0.25, 0.3) is 0 Å². The summed E-state index contributed by atoms with van der Waals surface area (Å²) in [7, 11) is -2.39. The van der Waals surface area contributed by atoms with E-state index in [2.05, 4.69) is 20.9 Å². The Hall–Kier alpha value is -3.92. The van der Waals surface area contributed by atoms with Gasteiger partial charge in [0.25, 0.3) is 5.91 Å². The molecule has 4 N–H and O–H groups in total. The van der Waals surface area contributed by atoms with E-state index in [4.69, 9.17) is 4.74 Å². The van der Waals surface area contributed by atoms with E-state index in [0.29, 0.717) is 18.9 Å². The number of ether oxygens (including phenoxy) is 1.